The Hall–Kier alpha value is -0.940. The summed E-state index contributed by atoms with van der Waals surface area (Å²) >= 11 is 0. The molecule has 4 saturated carbocycles. The van der Waals surface area contributed by atoms with Crippen molar-refractivity contribution in [2.45, 2.75) is 89.8 Å². The van der Waals surface area contributed by atoms with E-state index in [1.165, 1.54) is 6.42 Å². The quantitative estimate of drug-likeness (QED) is 0.505. The summed E-state index contributed by atoms with van der Waals surface area (Å²) in [6.45, 7) is 6.08. The van der Waals surface area contributed by atoms with Crippen molar-refractivity contribution in [3.63, 3.8) is 0 Å². The average Bonchev–Trinajstić information content (AvgIpc) is 2.92. The molecule has 0 bridgehead atoms. The summed E-state index contributed by atoms with van der Waals surface area (Å²) < 4.78 is 5.06. The van der Waals surface area contributed by atoms with Crippen molar-refractivity contribution >= 4 is 11.7 Å². The molecule has 5 nitrogen and oxygen atoms in total. The number of hydrogen-bond donors (Lipinski definition) is 3. The summed E-state index contributed by atoms with van der Waals surface area (Å²) in [5, 5.41) is 30.5. The maximum atomic E-state index is 12.3. The van der Waals surface area contributed by atoms with E-state index in [1.54, 1.807) is 6.92 Å². The van der Waals surface area contributed by atoms with E-state index in [9.17, 15) is 15.0 Å². The largest absolute Gasteiger partial charge is 0.461 e. The molecule has 0 spiro atoms. The number of aliphatic hydroxyl groups is 2. The molecular formula is C23H37NO4. The van der Waals surface area contributed by atoms with Crippen LogP contribution in [0.4, 0.5) is 0 Å². The van der Waals surface area contributed by atoms with E-state index >= 15 is 0 Å². The van der Waals surface area contributed by atoms with Gasteiger partial charge >= 0.3 is 5.97 Å². The Kier molecular flexibility index (Phi) is 4.94. The third kappa shape index (κ3) is 2.87. The van der Waals surface area contributed by atoms with E-state index in [4.69, 9.17) is 10.1 Å². The molecule has 0 heterocycles. The van der Waals surface area contributed by atoms with Crippen LogP contribution in [0, 0.1) is 40.4 Å². The van der Waals surface area contributed by atoms with Crippen LogP contribution in [0.25, 0.3) is 0 Å². The van der Waals surface area contributed by atoms with Crippen molar-refractivity contribution < 1.29 is 19.7 Å². The van der Waals surface area contributed by atoms with E-state index in [2.05, 4.69) is 6.92 Å². The number of fused-ring (bicyclic) bond motifs is 5. The van der Waals surface area contributed by atoms with Crippen LogP contribution in [0.2, 0.25) is 0 Å². The highest BCUT2D eigenvalue weighted by Gasteiger charge is 2.65. The van der Waals surface area contributed by atoms with Gasteiger partial charge in [-0.25, -0.2) is 4.79 Å². The highest BCUT2D eigenvalue weighted by molar-refractivity contribution is 6.38. The van der Waals surface area contributed by atoms with Crippen molar-refractivity contribution in [3.8, 4) is 0 Å². The molecular weight excluding hydrogens is 354 g/mol. The second-order valence-electron chi connectivity index (χ2n) is 10.6. The maximum Gasteiger partial charge on any atom is 0.355 e. The summed E-state index contributed by atoms with van der Waals surface area (Å²) in [6.07, 6.45) is 8.61. The number of esters is 1. The van der Waals surface area contributed by atoms with Crippen LogP contribution in [0.15, 0.2) is 0 Å². The van der Waals surface area contributed by atoms with Gasteiger partial charge in [0.15, 0.2) is 0 Å². The summed E-state index contributed by atoms with van der Waals surface area (Å²) in [4.78, 5) is 12.3. The maximum absolute atomic E-state index is 12.3. The molecule has 0 aromatic heterocycles. The molecule has 4 aliphatic rings. The zero-order valence-electron chi connectivity index (χ0n) is 17.7. The second-order valence-corrected chi connectivity index (χ2v) is 10.6. The lowest BCUT2D eigenvalue weighted by atomic mass is 9.48. The second kappa shape index (κ2) is 6.80. The van der Waals surface area contributed by atoms with Crippen LogP contribution in [0.5, 0.6) is 0 Å². The van der Waals surface area contributed by atoms with Crippen molar-refractivity contribution in [1.82, 2.24) is 0 Å². The van der Waals surface area contributed by atoms with Crippen molar-refractivity contribution in [2.75, 3.05) is 6.61 Å². The zero-order chi connectivity index (χ0) is 20.3. The average molecular weight is 392 g/mol. The number of nitrogens with one attached hydrogen (secondary N) is 1. The Morgan fingerprint density at radius 1 is 1.00 bits per heavy atom. The van der Waals surface area contributed by atoms with Gasteiger partial charge in [-0.3, -0.25) is 5.41 Å². The zero-order valence-corrected chi connectivity index (χ0v) is 17.7. The number of hydrogen-bond acceptors (Lipinski definition) is 5. The first kappa shape index (κ1) is 20.3. The van der Waals surface area contributed by atoms with Gasteiger partial charge in [0.2, 0.25) is 0 Å². The molecule has 4 aliphatic carbocycles. The van der Waals surface area contributed by atoms with Crippen LogP contribution < -0.4 is 0 Å². The molecule has 8 atom stereocenters. The van der Waals surface area contributed by atoms with Gasteiger partial charge in [-0.2, -0.15) is 0 Å². The van der Waals surface area contributed by atoms with Crippen LogP contribution in [-0.4, -0.2) is 39.7 Å². The van der Waals surface area contributed by atoms with E-state index in [0.29, 0.717) is 36.0 Å². The predicted molar refractivity (Wildman–Crippen MR) is 107 cm³/mol. The van der Waals surface area contributed by atoms with Crippen LogP contribution in [0.1, 0.15) is 78.6 Å². The van der Waals surface area contributed by atoms with Gasteiger partial charge < -0.3 is 14.9 Å². The molecule has 0 saturated heterocycles. The molecule has 4 fully saturated rings. The summed E-state index contributed by atoms with van der Waals surface area (Å²) in [7, 11) is 0. The summed E-state index contributed by atoms with van der Waals surface area (Å²) in [6, 6.07) is 0. The van der Waals surface area contributed by atoms with Crippen LogP contribution >= 0.6 is 0 Å². The Balaban J connectivity index is 1.56. The minimum absolute atomic E-state index is 0.231. The standard InChI is InChI=1S/C23H37NO4/c1-4-28-20(25)19(24)23(27)12-9-18-17-6-5-14-13-21(2,26)10-7-15(14)16(17)8-11-22(18,23)3/h14-18,24,26-27H,4-13H2,1-3H3/t14-,15+,16-,17-,18+,21-,22+,23?/m1/s1. The van der Waals surface area contributed by atoms with Crippen LogP contribution in [-0.2, 0) is 9.53 Å². The van der Waals surface area contributed by atoms with Gasteiger partial charge in [-0.1, -0.05) is 6.92 Å². The molecule has 158 valence electrons. The molecule has 5 heteroatoms. The molecule has 0 aliphatic heterocycles. The fourth-order valence-electron chi connectivity index (χ4n) is 7.88. The molecule has 28 heavy (non-hydrogen) atoms. The predicted octanol–water partition coefficient (Wildman–Crippen LogP) is 3.70. The first-order valence-electron chi connectivity index (χ1n) is 11.3. The number of ether oxygens (including phenoxy) is 1. The van der Waals surface area contributed by atoms with Crippen LogP contribution in [0.3, 0.4) is 0 Å². The minimum atomic E-state index is -1.36. The molecule has 1 unspecified atom stereocenters. The lowest BCUT2D eigenvalue weighted by molar-refractivity contribution is -0.140. The van der Waals surface area contributed by atoms with E-state index in [-0.39, 0.29) is 12.3 Å². The number of carbonyl (C=O) groups is 1. The van der Waals surface area contributed by atoms with Crippen molar-refractivity contribution in [2.24, 2.45) is 35.0 Å². The first-order valence-corrected chi connectivity index (χ1v) is 11.3. The Morgan fingerprint density at radius 3 is 2.43 bits per heavy atom. The van der Waals surface area contributed by atoms with Gasteiger partial charge in [0.1, 0.15) is 11.3 Å². The summed E-state index contributed by atoms with van der Waals surface area (Å²) in [5.74, 6) is 2.29. The van der Waals surface area contributed by atoms with E-state index in [0.717, 1.165) is 44.9 Å². The fourth-order valence-corrected chi connectivity index (χ4v) is 7.88. The lowest BCUT2D eigenvalue weighted by Crippen LogP contribution is -2.58. The topological polar surface area (TPSA) is 90.6 Å². The first-order chi connectivity index (χ1) is 13.1. The normalized spacial score (nSPS) is 50.2. The molecule has 4 rings (SSSR count). The third-order valence-corrected chi connectivity index (χ3v) is 9.28. The summed E-state index contributed by atoms with van der Waals surface area (Å²) in [5.41, 5.74) is -2.51. The molecule has 0 amide bonds. The van der Waals surface area contributed by atoms with Gasteiger partial charge in [-0.15, -0.1) is 0 Å². The smallest absolute Gasteiger partial charge is 0.355 e. The van der Waals surface area contributed by atoms with E-state index < -0.39 is 22.6 Å². The molecule has 0 aromatic carbocycles. The molecule has 3 N–H and O–H groups in total. The highest BCUT2D eigenvalue weighted by Crippen LogP contribution is 2.65. The van der Waals surface area contributed by atoms with Crippen molar-refractivity contribution in [1.29, 1.82) is 5.41 Å². The third-order valence-electron chi connectivity index (χ3n) is 9.28. The lowest BCUT2D eigenvalue weighted by Gasteiger charge is -2.57. The van der Waals surface area contributed by atoms with Gasteiger partial charge in [0.05, 0.1) is 12.2 Å². The number of carbonyl (C=O) groups excluding carboxylic acids is 1. The Labute approximate surface area is 168 Å². The Morgan fingerprint density at radius 2 is 1.71 bits per heavy atom. The fraction of sp³-hybridized carbons (Fsp3) is 0.913. The molecule has 0 aromatic rings. The van der Waals surface area contributed by atoms with Gasteiger partial charge in [0.25, 0.3) is 0 Å². The number of rotatable bonds is 3. The SMILES string of the molecule is CCOC(=O)C(=N)C1(O)CC[C@H]2[C@@H]3CC[C@@H]4C[C@](C)(O)CC[C@@H]4[C@H]3CC[C@@]21C. The minimum Gasteiger partial charge on any atom is -0.461 e. The van der Waals surface area contributed by atoms with Crippen molar-refractivity contribution in [3.05, 3.63) is 0 Å². The Bertz CT molecular complexity index is 661. The highest BCUT2D eigenvalue weighted by atomic mass is 16.5. The monoisotopic (exact) mass is 391 g/mol. The van der Waals surface area contributed by atoms with Gasteiger partial charge in [0, 0.05) is 5.41 Å². The van der Waals surface area contributed by atoms with Gasteiger partial charge in [-0.05, 0) is 101 Å². The molecule has 0 radical (unpaired) electrons. The van der Waals surface area contributed by atoms with E-state index in [1.807, 2.05) is 6.92 Å².